The van der Waals surface area contributed by atoms with Crippen LogP contribution in [0.15, 0.2) is 28.5 Å². The molecule has 2 rings (SSSR count). The topological polar surface area (TPSA) is 38.9 Å². The highest BCUT2D eigenvalue weighted by atomic mass is 32.2. The van der Waals surface area contributed by atoms with E-state index in [9.17, 15) is 0 Å². The number of nitrogen functional groups attached to an aromatic ring is 1. The zero-order valence-electron chi connectivity index (χ0n) is 9.36. The maximum absolute atomic E-state index is 5.72. The molecule has 0 aliphatic carbocycles. The third-order valence-electron chi connectivity index (χ3n) is 2.24. The second-order valence-electron chi connectivity index (χ2n) is 3.67. The molecule has 4 heteroatoms. The Hall–Kier alpha value is -1.00. The third kappa shape index (κ3) is 2.77. The van der Waals surface area contributed by atoms with Crippen LogP contribution >= 0.6 is 23.1 Å². The van der Waals surface area contributed by atoms with Crippen molar-refractivity contribution in [1.82, 2.24) is 4.98 Å². The number of aromatic nitrogens is 1. The number of aryl methyl sites for hydroxylation is 2. The van der Waals surface area contributed by atoms with Gasteiger partial charge in [-0.05, 0) is 37.6 Å². The van der Waals surface area contributed by atoms with Gasteiger partial charge in [0.2, 0.25) is 0 Å². The zero-order chi connectivity index (χ0) is 11.5. The maximum atomic E-state index is 5.72. The molecule has 0 aliphatic heterocycles. The smallest absolute Gasteiger partial charge is 0.0897 e. The van der Waals surface area contributed by atoms with E-state index >= 15 is 0 Å². The van der Waals surface area contributed by atoms with Gasteiger partial charge < -0.3 is 5.73 Å². The molecular weight excluding hydrogens is 236 g/mol. The Balaban J connectivity index is 2.04. The first-order chi connectivity index (χ1) is 7.65. The van der Waals surface area contributed by atoms with Crippen LogP contribution in [0.4, 0.5) is 5.69 Å². The summed E-state index contributed by atoms with van der Waals surface area (Å²) < 4.78 is 0. The molecule has 0 saturated carbocycles. The van der Waals surface area contributed by atoms with Gasteiger partial charge in [-0.2, -0.15) is 0 Å². The molecule has 0 spiro atoms. The van der Waals surface area contributed by atoms with Crippen molar-refractivity contribution in [3.63, 3.8) is 0 Å². The van der Waals surface area contributed by atoms with E-state index in [-0.39, 0.29) is 0 Å². The Morgan fingerprint density at radius 2 is 2.19 bits per heavy atom. The molecule has 0 fully saturated rings. The molecule has 2 aromatic rings. The number of hydrogen-bond acceptors (Lipinski definition) is 4. The van der Waals surface area contributed by atoms with Crippen molar-refractivity contribution in [3.05, 3.63) is 39.8 Å². The predicted octanol–water partition coefficient (Wildman–Crippen LogP) is 3.63. The van der Waals surface area contributed by atoms with Crippen molar-refractivity contribution < 1.29 is 0 Å². The molecule has 0 amide bonds. The molecule has 0 bridgehead atoms. The van der Waals surface area contributed by atoms with Crippen molar-refractivity contribution >= 4 is 28.8 Å². The first-order valence-electron chi connectivity index (χ1n) is 5.05. The van der Waals surface area contributed by atoms with Gasteiger partial charge in [-0.1, -0.05) is 0 Å². The average Bonchev–Trinajstić information content (AvgIpc) is 2.63. The summed E-state index contributed by atoms with van der Waals surface area (Å²) in [6, 6.07) is 6.03. The summed E-state index contributed by atoms with van der Waals surface area (Å²) in [5, 5.41) is 3.25. The van der Waals surface area contributed by atoms with Crippen LogP contribution in [-0.4, -0.2) is 4.98 Å². The lowest BCUT2D eigenvalue weighted by molar-refractivity contribution is 1.17. The molecule has 16 heavy (non-hydrogen) atoms. The van der Waals surface area contributed by atoms with Crippen LogP contribution in [0.3, 0.4) is 0 Å². The zero-order valence-corrected chi connectivity index (χ0v) is 11.0. The molecule has 0 atom stereocenters. The normalized spacial score (nSPS) is 10.6. The van der Waals surface area contributed by atoms with Gasteiger partial charge in [-0.25, -0.2) is 4.98 Å². The maximum Gasteiger partial charge on any atom is 0.0897 e. The average molecular weight is 250 g/mol. The van der Waals surface area contributed by atoms with Crippen LogP contribution in [0, 0.1) is 13.8 Å². The number of benzene rings is 1. The minimum Gasteiger partial charge on any atom is -0.399 e. The Morgan fingerprint density at radius 3 is 2.81 bits per heavy atom. The second kappa shape index (κ2) is 4.89. The lowest BCUT2D eigenvalue weighted by Crippen LogP contribution is -1.88. The van der Waals surface area contributed by atoms with E-state index in [4.69, 9.17) is 5.73 Å². The standard InChI is InChI=1S/C12H14N2S2/c1-8-5-10(13)3-4-12(8)16-7-11-6-15-9(2)14-11/h3-6H,7,13H2,1-2H3. The third-order valence-corrected chi connectivity index (χ3v) is 4.27. The predicted molar refractivity (Wildman–Crippen MR) is 72.0 cm³/mol. The fraction of sp³-hybridized carbons (Fsp3) is 0.250. The number of anilines is 1. The number of thioether (sulfide) groups is 1. The second-order valence-corrected chi connectivity index (χ2v) is 5.75. The number of nitrogens with zero attached hydrogens (tertiary/aromatic N) is 1. The van der Waals surface area contributed by atoms with E-state index in [1.54, 1.807) is 11.3 Å². The molecule has 1 aromatic heterocycles. The van der Waals surface area contributed by atoms with Crippen molar-refractivity contribution in [2.75, 3.05) is 5.73 Å². The fourth-order valence-electron chi connectivity index (χ4n) is 1.46. The summed E-state index contributed by atoms with van der Waals surface area (Å²) >= 11 is 3.51. The monoisotopic (exact) mass is 250 g/mol. The van der Waals surface area contributed by atoms with Gasteiger partial charge >= 0.3 is 0 Å². The van der Waals surface area contributed by atoms with Crippen molar-refractivity contribution in [3.8, 4) is 0 Å². The Labute approximate surface area is 104 Å². The van der Waals surface area contributed by atoms with E-state index in [0.29, 0.717) is 0 Å². The SMILES string of the molecule is Cc1nc(CSc2ccc(N)cc2C)cs1. The first-order valence-corrected chi connectivity index (χ1v) is 6.91. The summed E-state index contributed by atoms with van der Waals surface area (Å²) in [6.45, 7) is 4.12. The van der Waals surface area contributed by atoms with Gasteiger partial charge in [0.15, 0.2) is 0 Å². The minimum absolute atomic E-state index is 0.825. The van der Waals surface area contributed by atoms with Gasteiger partial charge in [-0.15, -0.1) is 23.1 Å². The van der Waals surface area contributed by atoms with E-state index in [1.165, 1.54) is 10.5 Å². The van der Waals surface area contributed by atoms with Gasteiger partial charge in [0.25, 0.3) is 0 Å². The van der Waals surface area contributed by atoms with Crippen molar-refractivity contribution in [1.29, 1.82) is 0 Å². The highest BCUT2D eigenvalue weighted by Gasteiger charge is 2.02. The van der Waals surface area contributed by atoms with Crippen molar-refractivity contribution in [2.24, 2.45) is 0 Å². The van der Waals surface area contributed by atoms with E-state index < -0.39 is 0 Å². The summed E-state index contributed by atoms with van der Waals surface area (Å²) in [7, 11) is 0. The molecule has 0 saturated heterocycles. The fourth-order valence-corrected chi connectivity index (χ4v) is 3.08. The van der Waals surface area contributed by atoms with E-state index in [2.05, 4.69) is 23.4 Å². The highest BCUT2D eigenvalue weighted by molar-refractivity contribution is 7.98. The van der Waals surface area contributed by atoms with Crippen LogP contribution < -0.4 is 5.73 Å². The van der Waals surface area contributed by atoms with Crippen LogP contribution in [0.1, 0.15) is 16.3 Å². The lowest BCUT2D eigenvalue weighted by atomic mass is 10.2. The summed E-state index contributed by atoms with van der Waals surface area (Å²) in [5.74, 6) is 0.926. The van der Waals surface area contributed by atoms with Gasteiger partial charge in [0.1, 0.15) is 0 Å². The minimum atomic E-state index is 0.825. The Bertz CT molecular complexity index is 492. The van der Waals surface area contributed by atoms with Crippen LogP contribution in [0.5, 0.6) is 0 Å². The molecule has 1 heterocycles. The Morgan fingerprint density at radius 1 is 1.38 bits per heavy atom. The number of hydrogen-bond donors (Lipinski definition) is 1. The molecule has 2 N–H and O–H groups in total. The molecule has 1 aromatic carbocycles. The first kappa shape index (κ1) is 11.5. The van der Waals surface area contributed by atoms with Crippen molar-refractivity contribution in [2.45, 2.75) is 24.5 Å². The molecule has 0 aliphatic rings. The molecule has 2 nitrogen and oxygen atoms in total. The summed E-state index contributed by atoms with van der Waals surface area (Å²) in [6.07, 6.45) is 0. The lowest BCUT2D eigenvalue weighted by Gasteiger charge is -2.04. The van der Waals surface area contributed by atoms with Crippen LogP contribution in [0.25, 0.3) is 0 Å². The summed E-state index contributed by atoms with van der Waals surface area (Å²) in [4.78, 5) is 5.72. The van der Waals surface area contributed by atoms with E-state index in [0.717, 1.165) is 22.1 Å². The molecule has 0 radical (unpaired) electrons. The highest BCUT2D eigenvalue weighted by Crippen LogP contribution is 2.27. The van der Waals surface area contributed by atoms with Gasteiger partial charge in [0, 0.05) is 21.7 Å². The molecular formula is C12H14N2S2. The van der Waals surface area contributed by atoms with Gasteiger partial charge in [-0.3, -0.25) is 0 Å². The van der Waals surface area contributed by atoms with E-state index in [1.807, 2.05) is 30.8 Å². The van der Waals surface area contributed by atoms with Crippen LogP contribution in [0.2, 0.25) is 0 Å². The molecule has 84 valence electrons. The summed E-state index contributed by atoms with van der Waals surface area (Å²) in [5.41, 5.74) is 8.93. The number of nitrogens with two attached hydrogens (primary N) is 1. The quantitative estimate of drug-likeness (QED) is 0.668. The number of thiazole rings is 1. The Kier molecular flexibility index (Phi) is 3.51. The van der Waals surface area contributed by atoms with Gasteiger partial charge in [0.05, 0.1) is 10.7 Å². The molecule has 0 unspecified atom stereocenters. The largest absolute Gasteiger partial charge is 0.399 e. The number of rotatable bonds is 3. The van der Waals surface area contributed by atoms with Crippen LogP contribution in [-0.2, 0) is 5.75 Å².